The van der Waals surface area contributed by atoms with Gasteiger partial charge in [0.05, 0.1) is 5.41 Å². The molecule has 2 aliphatic rings. The van der Waals surface area contributed by atoms with Crippen molar-refractivity contribution in [3.63, 3.8) is 0 Å². The van der Waals surface area contributed by atoms with Gasteiger partial charge in [0, 0.05) is 29.1 Å². The second-order valence-electron chi connectivity index (χ2n) is 5.96. The van der Waals surface area contributed by atoms with Crippen LogP contribution in [0.3, 0.4) is 0 Å². The van der Waals surface area contributed by atoms with Gasteiger partial charge in [-0.15, -0.1) is 0 Å². The summed E-state index contributed by atoms with van der Waals surface area (Å²) in [4.78, 5) is 13.9. The summed E-state index contributed by atoms with van der Waals surface area (Å²) in [6.45, 7) is 2.30. The second-order valence-corrected chi connectivity index (χ2v) is 7.25. The molecule has 1 aliphatic heterocycles. The predicted octanol–water partition coefficient (Wildman–Crippen LogP) is 3.79. The number of likely N-dealkylation sites (tertiary alicyclic amines) is 1. The number of halogens is 2. The summed E-state index contributed by atoms with van der Waals surface area (Å²) in [5.41, 5.74) is 0.614. The van der Waals surface area contributed by atoms with Gasteiger partial charge in [0.1, 0.15) is 0 Å². The third kappa shape index (κ3) is 2.38. The Morgan fingerprint density at radius 1 is 1.55 bits per heavy atom. The molecule has 1 aliphatic carbocycles. The van der Waals surface area contributed by atoms with Gasteiger partial charge >= 0.3 is 5.97 Å². The highest BCUT2D eigenvalue weighted by Gasteiger charge is 2.54. The van der Waals surface area contributed by atoms with Crippen molar-refractivity contribution in [2.24, 2.45) is 11.3 Å². The number of rotatable bonds is 3. The number of fused-ring (bicyclic) bond motifs is 1. The first-order chi connectivity index (χ1) is 9.51. The van der Waals surface area contributed by atoms with E-state index in [0.717, 1.165) is 47.4 Å². The number of carboxylic acids is 1. The number of hydrogen-bond donors (Lipinski definition) is 1. The maximum atomic E-state index is 11.7. The molecule has 5 heteroatoms. The summed E-state index contributed by atoms with van der Waals surface area (Å²) >= 11 is 9.58. The molecule has 2 atom stereocenters. The first kappa shape index (κ1) is 14.4. The van der Waals surface area contributed by atoms with Gasteiger partial charge < -0.3 is 5.11 Å². The summed E-state index contributed by atoms with van der Waals surface area (Å²) < 4.78 is 1.03. The number of aliphatic carboxylic acids is 1. The van der Waals surface area contributed by atoms with Crippen LogP contribution in [0, 0.1) is 11.3 Å². The average molecular weight is 359 g/mol. The van der Waals surface area contributed by atoms with Crippen molar-refractivity contribution in [3.8, 4) is 0 Å². The summed E-state index contributed by atoms with van der Waals surface area (Å²) in [6.07, 6.45) is 2.91. The molecule has 0 amide bonds. The van der Waals surface area contributed by atoms with Crippen molar-refractivity contribution in [2.45, 2.75) is 25.8 Å². The Balaban J connectivity index is 1.78. The zero-order valence-electron chi connectivity index (χ0n) is 11.1. The molecule has 1 aromatic rings. The molecule has 20 heavy (non-hydrogen) atoms. The lowest BCUT2D eigenvalue weighted by atomic mass is 9.81. The van der Waals surface area contributed by atoms with E-state index in [0.29, 0.717) is 12.5 Å². The van der Waals surface area contributed by atoms with Crippen LogP contribution < -0.4 is 0 Å². The van der Waals surface area contributed by atoms with Gasteiger partial charge in [-0.05, 0) is 42.5 Å². The van der Waals surface area contributed by atoms with Crippen LogP contribution in [0.5, 0.6) is 0 Å². The third-order valence-electron chi connectivity index (χ3n) is 4.77. The summed E-state index contributed by atoms with van der Waals surface area (Å²) in [6, 6.07) is 5.75. The number of carboxylic acid groups (broad SMARTS) is 1. The van der Waals surface area contributed by atoms with Crippen LogP contribution in [0.1, 0.15) is 24.8 Å². The van der Waals surface area contributed by atoms with Crippen molar-refractivity contribution in [1.29, 1.82) is 0 Å². The van der Waals surface area contributed by atoms with Crippen molar-refractivity contribution < 1.29 is 9.90 Å². The van der Waals surface area contributed by atoms with Gasteiger partial charge in [-0.2, -0.15) is 0 Å². The Morgan fingerprint density at radius 3 is 3.05 bits per heavy atom. The topological polar surface area (TPSA) is 40.5 Å². The van der Waals surface area contributed by atoms with E-state index < -0.39 is 11.4 Å². The summed E-state index contributed by atoms with van der Waals surface area (Å²) in [5.74, 6) is -0.314. The molecule has 0 radical (unpaired) electrons. The molecule has 0 unspecified atom stereocenters. The molecule has 108 valence electrons. The lowest BCUT2D eigenvalue weighted by molar-refractivity contribution is -0.149. The first-order valence-corrected chi connectivity index (χ1v) is 8.08. The minimum Gasteiger partial charge on any atom is -0.481 e. The van der Waals surface area contributed by atoms with Crippen LogP contribution >= 0.6 is 27.5 Å². The molecule has 3 rings (SSSR count). The summed E-state index contributed by atoms with van der Waals surface area (Å²) in [7, 11) is 0. The van der Waals surface area contributed by atoms with Crippen LogP contribution in [0.4, 0.5) is 0 Å². The molecular formula is C15H17BrClNO2. The van der Waals surface area contributed by atoms with Crippen LogP contribution in [0.25, 0.3) is 0 Å². The molecule has 3 nitrogen and oxygen atoms in total. The molecule has 0 aromatic heterocycles. The Kier molecular flexibility index (Phi) is 3.82. The summed E-state index contributed by atoms with van der Waals surface area (Å²) in [5, 5.41) is 10.3. The normalized spacial score (nSPS) is 29.6. The fraction of sp³-hybridized carbons (Fsp3) is 0.533. The number of hydrogen-bond acceptors (Lipinski definition) is 2. The van der Waals surface area contributed by atoms with E-state index in [1.807, 2.05) is 18.2 Å². The fourth-order valence-corrected chi connectivity index (χ4v) is 4.34. The molecular weight excluding hydrogens is 342 g/mol. The van der Waals surface area contributed by atoms with Gasteiger partial charge in [0.25, 0.3) is 0 Å². The Hall–Kier alpha value is -0.580. The van der Waals surface area contributed by atoms with E-state index in [2.05, 4.69) is 20.8 Å². The average Bonchev–Trinajstić information content (AvgIpc) is 2.91. The maximum Gasteiger partial charge on any atom is 0.311 e. The van der Waals surface area contributed by atoms with Gasteiger partial charge in [-0.3, -0.25) is 9.69 Å². The maximum absolute atomic E-state index is 11.7. The fourth-order valence-electron chi connectivity index (χ4n) is 3.77. The molecule has 1 saturated heterocycles. The molecule has 1 heterocycles. The standard InChI is InChI=1S/C15H17BrClNO2/c16-13-4-3-12(17)6-10(13)7-18-8-11-2-1-5-15(11,9-18)14(19)20/h3-4,6,11H,1-2,5,7-9H2,(H,19,20)/t11-,15+/m0/s1. The van der Waals surface area contributed by atoms with Gasteiger partial charge in [-0.1, -0.05) is 34.0 Å². The van der Waals surface area contributed by atoms with E-state index >= 15 is 0 Å². The lowest BCUT2D eigenvalue weighted by Gasteiger charge is -2.23. The van der Waals surface area contributed by atoms with Gasteiger partial charge in [0.2, 0.25) is 0 Å². The largest absolute Gasteiger partial charge is 0.481 e. The van der Waals surface area contributed by atoms with E-state index in [-0.39, 0.29) is 0 Å². The van der Waals surface area contributed by atoms with Crippen molar-refractivity contribution in [3.05, 3.63) is 33.3 Å². The van der Waals surface area contributed by atoms with Crippen molar-refractivity contribution in [2.75, 3.05) is 13.1 Å². The molecule has 1 aromatic carbocycles. The highest BCUT2D eigenvalue weighted by molar-refractivity contribution is 9.10. The quantitative estimate of drug-likeness (QED) is 0.893. The van der Waals surface area contributed by atoms with Crippen molar-refractivity contribution in [1.82, 2.24) is 4.90 Å². The highest BCUT2D eigenvalue weighted by Crippen LogP contribution is 2.49. The van der Waals surface area contributed by atoms with Gasteiger partial charge in [-0.25, -0.2) is 0 Å². The van der Waals surface area contributed by atoms with Gasteiger partial charge in [0.15, 0.2) is 0 Å². The van der Waals surface area contributed by atoms with Crippen molar-refractivity contribution >= 4 is 33.5 Å². The minimum atomic E-state index is -0.618. The van der Waals surface area contributed by atoms with Crippen LogP contribution in [-0.2, 0) is 11.3 Å². The Bertz CT molecular complexity index is 551. The van der Waals surface area contributed by atoms with Crippen LogP contribution in [-0.4, -0.2) is 29.1 Å². The van der Waals surface area contributed by atoms with Crippen LogP contribution in [0.15, 0.2) is 22.7 Å². The first-order valence-electron chi connectivity index (χ1n) is 6.91. The Morgan fingerprint density at radius 2 is 2.35 bits per heavy atom. The number of nitrogens with zero attached hydrogens (tertiary/aromatic N) is 1. The number of carbonyl (C=O) groups is 1. The molecule has 0 bridgehead atoms. The molecule has 1 saturated carbocycles. The van der Waals surface area contributed by atoms with Crippen LogP contribution in [0.2, 0.25) is 5.02 Å². The molecule has 1 N–H and O–H groups in total. The lowest BCUT2D eigenvalue weighted by Crippen LogP contribution is -2.35. The van der Waals surface area contributed by atoms with E-state index in [1.165, 1.54) is 0 Å². The predicted molar refractivity (Wildman–Crippen MR) is 81.8 cm³/mol. The van der Waals surface area contributed by atoms with E-state index in [9.17, 15) is 9.90 Å². The van der Waals surface area contributed by atoms with E-state index in [4.69, 9.17) is 11.6 Å². The smallest absolute Gasteiger partial charge is 0.311 e. The minimum absolute atomic E-state index is 0.304. The Labute approximate surface area is 132 Å². The zero-order chi connectivity index (χ0) is 14.3. The number of benzene rings is 1. The monoisotopic (exact) mass is 357 g/mol. The second kappa shape index (κ2) is 5.32. The third-order valence-corrected chi connectivity index (χ3v) is 5.78. The van der Waals surface area contributed by atoms with E-state index in [1.54, 1.807) is 0 Å². The molecule has 0 spiro atoms. The molecule has 2 fully saturated rings. The highest BCUT2D eigenvalue weighted by atomic mass is 79.9. The zero-order valence-corrected chi connectivity index (χ0v) is 13.5. The SMILES string of the molecule is O=C(O)[C@@]12CCC[C@H]1CN(Cc1cc(Cl)ccc1Br)C2.